The number of ether oxygens (including phenoxy) is 1. The van der Waals surface area contributed by atoms with Gasteiger partial charge in [-0.25, -0.2) is 4.98 Å². The minimum atomic E-state index is 0.434. The minimum absolute atomic E-state index is 0.434. The van der Waals surface area contributed by atoms with Crippen LogP contribution in [0.15, 0.2) is 12.7 Å². The Labute approximate surface area is 84.5 Å². The average Bonchev–Trinajstić information content (AvgIpc) is 2.69. The average molecular weight is 198 g/mol. The van der Waals surface area contributed by atoms with Gasteiger partial charge in [0.2, 0.25) is 0 Å². The van der Waals surface area contributed by atoms with Crippen molar-refractivity contribution in [3.63, 3.8) is 0 Å². The number of methoxy groups -OCH3 is 1. The van der Waals surface area contributed by atoms with Gasteiger partial charge in [0.25, 0.3) is 0 Å². The van der Waals surface area contributed by atoms with Crippen LogP contribution in [0.1, 0.15) is 13.3 Å². The molecule has 5 heteroatoms. The number of nitrogens with one attached hydrogen (secondary N) is 1. The van der Waals surface area contributed by atoms with Gasteiger partial charge in [-0.2, -0.15) is 5.10 Å². The van der Waals surface area contributed by atoms with Crippen LogP contribution < -0.4 is 5.32 Å². The maximum atomic E-state index is 5.09. The van der Waals surface area contributed by atoms with E-state index in [1.165, 1.54) is 0 Å². The highest BCUT2D eigenvalue weighted by Crippen LogP contribution is 1.90. The third kappa shape index (κ3) is 3.85. The lowest BCUT2D eigenvalue weighted by Gasteiger charge is -2.15. The van der Waals surface area contributed by atoms with Crippen LogP contribution >= 0.6 is 0 Å². The number of aromatic nitrogens is 3. The Bertz CT molecular complexity index is 225. The SMILES string of the molecule is CCC(COC)NCCn1cncn1. The second kappa shape index (κ2) is 6.50. The van der Waals surface area contributed by atoms with Gasteiger partial charge in [-0.05, 0) is 6.42 Å². The first kappa shape index (κ1) is 11.1. The number of hydrogen-bond acceptors (Lipinski definition) is 4. The van der Waals surface area contributed by atoms with Crippen molar-refractivity contribution in [2.75, 3.05) is 20.3 Å². The molecule has 1 atom stereocenters. The summed E-state index contributed by atoms with van der Waals surface area (Å²) in [6.07, 6.45) is 4.34. The van der Waals surface area contributed by atoms with Crippen LogP contribution in [0.4, 0.5) is 0 Å². The van der Waals surface area contributed by atoms with Crippen LogP contribution in [0.25, 0.3) is 0 Å². The molecule has 0 spiro atoms. The highest BCUT2D eigenvalue weighted by atomic mass is 16.5. The molecule has 1 N–H and O–H groups in total. The molecule has 0 bridgehead atoms. The molecule has 0 saturated carbocycles. The quantitative estimate of drug-likeness (QED) is 0.684. The fourth-order valence-corrected chi connectivity index (χ4v) is 1.25. The van der Waals surface area contributed by atoms with Crippen molar-refractivity contribution in [3.05, 3.63) is 12.7 Å². The lowest BCUT2D eigenvalue weighted by atomic mass is 10.2. The van der Waals surface area contributed by atoms with Crippen LogP contribution in [0, 0.1) is 0 Å². The zero-order valence-electron chi connectivity index (χ0n) is 8.81. The summed E-state index contributed by atoms with van der Waals surface area (Å²) in [5.41, 5.74) is 0. The topological polar surface area (TPSA) is 52.0 Å². The van der Waals surface area contributed by atoms with Crippen LogP contribution in [0.2, 0.25) is 0 Å². The van der Waals surface area contributed by atoms with Gasteiger partial charge in [-0.15, -0.1) is 0 Å². The van der Waals surface area contributed by atoms with Crippen LogP contribution in [-0.2, 0) is 11.3 Å². The van der Waals surface area contributed by atoms with Gasteiger partial charge >= 0.3 is 0 Å². The Hall–Kier alpha value is -0.940. The highest BCUT2D eigenvalue weighted by molar-refractivity contribution is 4.64. The van der Waals surface area contributed by atoms with Crippen molar-refractivity contribution < 1.29 is 4.74 Å². The zero-order chi connectivity index (χ0) is 10.2. The van der Waals surface area contributed by atoms with Crippen LogP contribution in [0.5, 0.6) is 0 Å². The lowest BCUT2D eigenvalue weighted by Crippen LogP contribution is -2.34. The summed E-state index contributed by atoms with van der Waals surface area (Å²) in [6, 6.07) is 0.434. The maximum absolute atomic E-state index is 5.09. The first-order valence-electron chi connectivity index (χ1n) is 4.91. The Kier molecular flexibility index (Phi) is 5.17. The van der Waals surface area contributed by atoms with Gasteiger partial charge in [0.15, 0.2) is 0 Å². The molecule has 1 unspecified atom stereocenters. The van der Waals surface area contributed by atoms with E-state index in [9.17, 15) is 0 Å². The third-order valence-electron chi connectivity index (χ3n) is 2.10. The van der Waals surface area contributed by atoms with Crippen molar-refractivity contribution in [3.8, 4) is 0 Å². The predicted molar refractivity (Wildman–Crippen MR) is 54.0 cm³/mol. The normalized spacial score (nSPS) is 13.0. The van der Waals surface area contributed by atoms with E-state index < -0.39 is 0 Å². The summed E-state index contributed by atoms with van der Waals surface area (Å²) in [6.45, 7) is 4.64. The van der Waals surface area contributed by atoms with E-state index in [1.54, 1.807) is 19.8 Å². The number of hydrogen-bond donors (Lipinski definition) is 1. The van der Waals surface area contributed by atoms with Crippen molar-refractivity contribution in [1.29, 1.82) is 0 Å². The van der Waals surface area contributed by atoms with Crippen molar-refractivity contribution in [1.82, 2.24) is 20.1 Å². The molecule has 5 nitrogen and oxygen atoms in total. The summed E-state index contributed by atoms with van der Waals surface area (Å²) in [5.74, 6) is 0. The molecule has 0 aromatic carbocycles. The Balaban J connectivity index is 2.13. The third-order valence-corrected chi connectivity index (χ3v) is 2.10. The summed E-state index contributed by atoms with van der Waals surface area (Å²) >= 11 is 0. The van der Waals surface area contributed by atoms with E-state index >= 15 is 0 Å². The van der Waals surface area contributed by atoms with Crippen LogP contribution in [0.3, 0.4) is 0 Å². The van der Waals surface area contributed by atoms with Crippen molar-refractivity contribution in [2.24, 2.45) is 0 Å². The predicted octanol–water partition coefficient (Wildman–Crippen LogP) is 0.293. The standard InChI is InChI=1S/C9H18N4O/c1-3-9(6-14-2)11-4-5-13-8-10-7-12-13/h7-9,11H,3-6H2,1-2H3. The van der Waals surface area contributed by atoms with Crippen molar-refractivity contribution in [2.45, 2.75) is 25.9 Å². The second-order valence-corrected chi connectivity index (χ2v) is 3.17. The monoisotopic (exact) mass is 198 g/mol. The molecule has 1 aromatic rings. The molecule has 0 aliphatic heterocycles. The first-order valence-corrected chi connectivity index (χ1v) is 4.91. The van der Waals surface area contributed by atoms with Gasteiger partial charge in [-0.3, -0.25) is 4.68 Å². The van der Waals surface area contributed by atoms with Gasteiger partial charge < -0.3 is 10.1 Å². The Morgan fingerprint density at radius 3 is 3.00 bits per heavy atom. The molecule has 1 rings (SSSR count). The molecule has 1 aromatic heterocycles. The molecule has 0 radical (unpaired) electrons. The Morgan fingerprint density at radius 2 is 2.43 bits per heavy atom. The van der Waals surface area contributed by atoms with Gasteiger partial charge in [0, 0.05) is 19.7 Å². The molecular weight excluding hydrogens is 180 g/mol. The number of nitrogens with zero attached hydrogens (tertiary/aromatic N) is 3. The van der Waals surface area contributed by atoms with E-state index in [1.807, 2.05) is 4.68 Å². The molecule has 1 heterocycles. The molecule has 0 amide bonds. The van der Waals surface area contributed by atoms with Crippen LogP contribution in [-0.4, -0.2) is 41.1 Å². The van der Waals surface area contributed by atoms with E-state index in [4.69, 9.17) is 4.74 Å². The molecule has 0 fully saturated rings. The fourth-order valence-electron chi connectivity index (χ4n) is 1.25. The molecule has 0 aliphatic rings. The lowest BCUT2D eigenvalue weighted by molar-refractivity contribution is 0.164. The van der Waals surface area contributed by atoms with Gasteiger partial charge in [0.1, 0.15) is 12.7 Å². The van der Waals surface area contributed by atoms with E-state index in [-0.39, 0.29) is 0 Å². The van der Waals surface area contributed by atoms with Gasteiger partial charge in [0.05, 0.1) is 13.2 Å². The minimum Gasteiger partial charge on any atom is -0.383 e. The highest BCUT2D eigenvalue weighted by Gasteiger charge is 2.03. The largest absolute Gasteiger partial charge is 0.383 e. The molecule has 0 aliphatic carbocycles. The summed E-state index contributed by atoms with van der Waals surface area (Å²) in [5, 5.41) is 7.41. The molecule has 14 heavy (non-hydrogen) atoms. The smallest absolute Gasteiger partial charge is 0.137 e. The van der Waals surface area contributed by atoms with Gasteiger partial charge in [-0.1, -0.05) is 6.92 Å². The fraction of sp³-hybridized carbons (Fsp3) is 0.778. The summed E-state index contributed by atoms with van der Waals surface area (Å²) in [7, 11) is 1.72. The molecular formula is C9H18N4O. The van der Waals surface area contributed by atoms with E-state index in [0.717, 1.165) is 26.1 Å². The molecule has 0 saturated heterocycles. The zero-order valence-corrected chi connectivity index (χ0v) is 8.81. The maximum Gasteiger partial charge on any atom is 0.137 e. The van der Waals surface area contributed by atoms with E-state index in [0.29, 0.717) is 6.04 Å². The number of rotatable bonds is 7. The summed E-state index contributed by atoms with van der Waals surface area (Å²) in [4.78, 5) is 3.88. The summed E-state index contributed by atoms with van der Waals surface area (Å²) < 4.78 is 6.90. The Morgan fingerprint density at radius 1 is 1.57 bits per heavy atom. The second-order valence-electron chi connectivity index (χ2n) is 3.17. The first-order chi connectivity index (χ1) is 6.86. The van der Waals surface area contributed by atoms with Crippen molar-refractivity contribution >= 4 is 0 Å². The van der Waals surface area contributed by atoms with E-state index in [2.05, 4.69) is 22.3 Å². The molecule has 80 valence electrons.